The van der Waals surface area contributed by atoms with Gasteiger partial charge in [-0.05, 0) is 36.6 Å². The zero-order valence-electron chi connectivity index (χ0n) is 14.8. The zero-order valence-corrected chi connectivity index (χ0v) is 14.8. The third kappa shape index (κ3) is 3.22. The number of amides is 2. The van der Waals surface area contributed by atoms with Gasteiger partial charge in [-0.25, -0.2) is 0 Å². The molecule has 2 amide bonds. The SMILES string of the molecule is CNC(=O)C(NC(=O)C1(c2ccc(OC)cc2)CC1)c1ccccc1O. The second kappa shape index (κ2) is 7.07. The highest BCUT2D eigenvalue weighted by molar-refractivity contribution is 5.95. The van der Waals surface area contributed by atoms with Crippen LogP contribution in [0.3, 0.4) is 0 Å². The number of nitrogens with one attached hydrogen (secondary N) is 2. The molecule has 26 heavy (non-hydrogen) atoms. The average Bonchev–Trinajstić information content (AvgIpc) is 3.48. The first kappa shape index (κ1) is 17.8. The highest BCUT2D eigenvalue weighted by atomic mass is 16.5. The van der Waals surface area contributed by atoms with E-state index in [-0.39, 0.29) is 17.6 Å². The van der Waals surface area contributed by atoms with E-state index in [2.05, 4.69) is 10.6 Å². The van der Waals surface area contributed by atoms with Crippen LogP contribution in [0.1, 0.15) is 30.0 Å². The predicted octanol–water partition coefficient (Wildman–Crippen LogP) is 2.04. The van der Waals surface area contributed by atoms with Crippen molar-refractivity contribution in [1.29, 1.82) is 0 Å². The molecule has 0 heterocycles. The van der Waals surface area contributed by atoms with Crippen LogP contribution in [0.4, 0.5) is 0 Å². The fourth-order valence-electron chi connectivity index (χ4n) is 3.11. The van der Waals surface area contributed by atoms with E-state index in [0.29, 0.717) is 18.4 Å². The average molecular weight is 354 g/mol. The second-order valence-electron chi connectivity index (χ2n) is 6.39. The Morgan fingerprint density at radius 2 is 1.77 bits per heavy atom. The van der Waals surface area contributed by atoms with Gasteiger partial charge in [-0.2, -0.15) is 0 Å². The summed E-state index contributed by atoms with van der Waals surface area (Å²) in [5.41, 5.74) is 0.623. The molecule has 0 aliphatic heterocycles. The van der Waals surface area contributed by atoms with Gasteiger partial charge in [0.25, 0.3) is 0 Å². The van der Waals surface area contributed by atoms with Crippen LogP contribution in [0.5, 0.6) is 11.5 Å². The molecule has 0 bridgehead atoms. The fraction of sp³-hybridized carbons (Fsp3) is 0.300. The number of para-hydroxylation sites is 1. The molecule has 3 N–H and O–H groups in total. The number of carbonyl (C=O) groups is 2. The second-order valence-corrected chi connectivity index (χ2v) is 6.39. The number of benzene rings is 2. The van der Waals surface area contributed by atoms with Crippen molar-refractivity contribution in [2.45, 2.75) is 24.3 Å². The van der Waals surface area contributed by atoms with Gasteiger partial charge in [0, 0.05) is 12.6 Å². The summed E-state index contributed by atoms with van der Waals surface area (Å²) in [4.78, 5) is 25.3. The van der Waals surface area contributed by atoms with Crippen molar-refractivity contribution in [2.24, 2.45) is 0 Å². The molecule has 6 nitrogen and oxygen atoms in total. The van der Waals surface area contributed by atoms with Crippen LogP contribution in [0, 0.1) is 0 Å². The minimum absolute atomic E-state index is 0.0318. The van der Waals surface area contributed by atoms with E-state index in [0.717, 1.165) is 11.3 Å². The molecule has 1 saturated carbocycles. The molecular formula is C20H22N2O4. The summed E-state index contributed by atoms with van der Waals surface area (Å²) >= 11 is 0. The summed E-state index contributed by atoms with van der Waals surface area (Å²) in [6.07, 6.45) is 1.43. The molecule has 0 aromatic heterocycles. The molecule has 3 rings (SSSR count). The largest absolute Gasteiger partial charge is 0.508 e. The molecule has 2 aromatic rings. The van der Waals surface area contributed by atoms with Gasteiger partial charge in [0.05, 0.1) is 12.5 Å². The number of hydrogen-bond donors (Lipinski definition) is 3. The first-order chi connectivity index (χ1) is 12.5. The van der Waals surface area contributed by atoms with Crippen molar-refractivity contribution in [3.63, 3.8) is 0 Å². The Hall–Kier alpha value is -3.02. The normalized spacial score (nSPS) is 15.6. The molecule has 0 saturated heterocycles. The van der Waals surface area contributed by atoms with E-state index in [9.17, 15) is 14.7 Å². The quantitative estimate of drug-likeness (QED) is 0.741. The summed E-state index contributed by atoms with van der Waals surface area (Å²) in [6, 6.07) is 12.9. The summed E-state index contributed by atoms with van der Waals surface area (Å²) in [7, 11) is 3.09. The lowest BCUT2D eigenvalue weighted by molar-refractivity contribution is -0.130. The minimum atomic E-state index is -0.954. The lowest BCUT2D eigenvalue weighted by atomic mass is 9.93. The molecule has 0 spiro atoms. The molecule has 2 aromatic carbocycles. The van der Waals surface area contributed by atoms with Crippen LogP contribution in [-0.4, -0.2) is 31.1 Å². The maximum absolute atomic E-state index is 13.0. The van der Waals surface area contributed by atoms with Crippen molar-refractivity contribution in [3.05, 3.63) is 59.7 Å². The third-order valence-corrected chi connectivity index (χ3v) is 4.86. The van der Waals surface area contributed by atoms with Crippen LogP contribution >= 0.6 is 0 Å². The third-order valence-electron chi connectivity index (χ3n) is 4.86. The van der Waals surface area contributed by atoms with Crippen molar-refractivity contribution < 1.29 is 19.4 Å². The lowest BCUT2D eigenvalue weighted by Crippen LogP contribution is -2.43. The Morgan fingerprint density at radius 3 is 2.31 bits per heavy atom. The van der Waals surface area contributed by atoms with Gasteiger partial charge in [0.15, 0.2) is 0 Å². The number of methoxy groups -OCH3 is 1. The summed E-state index contributed by atoms with van der Waals surface area (Å²) < 4.78 is 5.16. The van der Waals surface area contributed by atoms with Crippen LogP contribution in [0.25, 0.3) is 0 Å². The molecule has 1 atom stereocenters. The number of rotatable bonds is 6. The molecule has 1 aliphatic rings. The van der Waals surface area contributed by atoms with Gasteiger partial charge in [0.2, 0.25) is 11.8 Å². The van der Waals surface area contributed by atoms with Gasteiger partial charge < -0.3 is 20.5 Å². The number of ether oxygens (including phenoxy) is 1. The van der Waals surface area contributed by atoms with Gasteiger partial charge >= 0.3 is 0 Å². The monoisotopic (exact) mass is 354 g/mol. The predicted molar refractivity (Wildman–Crippen MR) is 97.0 cm³/mol. The van der Waals surface area contributed by atoms with E-state index in [1.165, 1.54) is 13.1 Å². The lowest BCUT2D eigenvalue weighted by Gasteiger charge is -2.23. The highest BCUT2D eigenvalue weighted by Gasteiger charge is 2.52. The Bertz CT molecular complexity index is 813. The fourth-order valence-corrected chi connectivity index (χ4v) is 3.11. The Kier molecular flexibility index (Phi) is 4.84. The van der Waals surface area contributed by atoms with Crippen molar-refractivity contribution in [1.82, 2.24) is 10.6 Å². The van der Waals surface area contributed by atoms with E-state index in [4.69, 9.17) is 4.74 Å². The Morgan fingerprint density at radius 1 is 1.12 bits per heavy atom. The molecular weight excluding hydrogens is 332 g/mol. The Labute approximate surface area is 152 Å². The van der Waals surface area contributed by atoms with Crippen LogP contribution < -0.4 is 15.4 Å². The Balaban J connectivity index is 1.86. The number of phenolic OH excluding ortho intramolecular Hbond substituents is 1. The topological polar surface area (TPSA) is 87.7 Å². The van der Waals surface area contributed by atoms with Crippen molar-refractivity contribution in [3.8, 4) is 11.5 Å². The van der Waals surface area contributed by atoms with Gasteiger partial charge in [-0.1, -0.05) is 30.3 Å². The molecule has 1 fully saturated rings. The van der Waals surface area contributed by atoms with Crippen molar-refractivity contribution in [2.75, 3.05) is 14.2 Å². The first-order valence-electron chi connectivity index (χ1n) is 8.47. The van der Waals surface area contributed by atoms with E-state index in [1.807, 2.05) is 24.3 Å². The van der Waals surface area contributed by atoms with E-state index >= 15 is 0 Å². The highest BCUT2D eigenvalue weighted by Crippen LogP contribution is 2.49. The standard InChI is InChI=1S/C20H22N2O4/c1-21-18(24)17(15-5-3-4-6-16(15)23)22-19(25)20(11-12-20)13-7-9-14(26-2)10-8-13/h3-10,17,23H,11-12H2,1-2H3,(H,21,24)(H,22,25). The molecule has 6 heteroatoms. The number of hydrogen-bond acceptors (Lipinski definition) is 4. The van der Waals surface area contributed by atoms with Gasteiger partial charge in [-0.15, -0.1) is 0 Å². The number of phenols is 1. The minimum Gasteiger partial charge on any atom is -0.508 e. The molecule has 1 aliphatic carbocycles. The van der Waals surface area contributed by atoms with E-state index < -0.39 is 11.5 Å². The van der Waals surface area contributed by atoms with Crippen LogP contribution in [0.2, 0.25) is 0 Å². The number of likely N-dealkylation sites (N-methyl/N-ethyl adjacent to an activating group) is 1. The first-order valence-corrected chi connectivity index (χ1v) is 8.47. The zero-order chi connectivity index (χ0) is 18.7. The van der Waals surface area contributed by atoms with Gasteiger partial charge in [-0.3, -0.25) is 9.59 Å². The molecule has 1 unspecified atom stereocenters. The van der Waals surface area contributed by atoms with E-state index in [1.54, 1.807) is 25.3 Å². The number of carbonyl (C=O) groups excluding carboxylic acids is 2. The number of aromatic hydroxyl groups is 1. The van der Waals surface area contributed by atoms with Crippen molar-refractivity contribution >= 4 is 11.8 Å². The molecule has 136 valence electrons. The van der Waals surface area contributed by atoms with Crippen LogP contribution in [0.15, 0.2) is 48.5 Å². The summed E-state index contributed by atoms with van der Waals surface area (Å²) in [6.45, 7) is 0. The van der Waals surface area contributed by atoms with Gasteiger partial charge in [0.1, 0.15) is 17.5 Å². The maximum atomic E-state index is 13.0. The summed E-state index contributed by atoms with van der Waals surface area (Å²) in [5.74, 6) is 0.0861. The smallest absolute Gasteiger partial charge is 0.247 e. The molecule has 0 radical (unpaired) electrons. The van der Waals surface area contributed by atoms with Crippen LogP contribution in [-0.2, 0) is 15.0 Å². The maximum Gasteiger partial charge on any atom is 0.247 e. The summed E-state index contributed by atoms with van der Waals surface area (Å²) in [5, 5.41) is 15.4.